The summed E-state index contributed by atoms with van der Waals surface area (Å²) >= 11 is 6.80. The summed E-state index contributed by atoms with van der Waals surface area (Å²) in [5.74, 6) is 1.59. The van der Waals surface area contributed by atoms with Crippen LogP contribution < -0.4 is 5.73 Å². The molecule has 3 N–H and O–H groups in total. The highest BCUT2D eigenvalue weighted by Crippen LogP contribution is 2.03. The van der Waals surface area contributed by atoms with Gasteiger partial charge < -0.3 is 5.73 Å². The number of anilines is 1. The molecular weight excluding hydrogens is 192 g/mol. The minimum Gasteiger partial charge on any atom is -0.368 e. The van der Waals surface area contributed by atoms with Gasteiger partial charge in [0.25, 0.3) is 0 Å². The molecule has 0 bridgehead atoms. The molecule has 0 aliphatic rings. The summed E-state index contributed by atoms with van der Waals surface area (Å²) in [4.78, 5) is 0. The lowest BCUT2D eigenvalue weighted by atomic mass is 10.5. The number of H-pyrrole nitrogens is 1. The first kappa shape index (κ1) is 9.60. The zero-order valence-electron chi connectivity index (χ0n) is 6.91. The quantitative estimate of drug-likeness (QED) is 0.573. The van der Waals surface area contributed by atoms with E-state index in [2.05, 4.69) is 16.5 Å². The van der Waals surface area contributed by atoms with E-state index in [1.54, 1.807) is 0 Å². The van der Waals surface area contributed by atoms with Crippen molar-refractivity contribution in [1.29, 1.82) is 0 Å². The summed E-state index contributed by atoms with van der Waals surface area (Å²) < 4.78 is 2.42. The Hall–Kier alpha value is -0.490. The lowest BCUT2D eigenvalue weighted by Gasteiger charge is -2.01. The van der Waals surface area contributed by atoms with Gasteiger partial charge in [0.15, 0.2) is 4.77 Å². The molecular formula is C6H12N4S2. The molecule has 0 radical (unpaired) electrons. The summed E-state index contributed by atoms with van der Waals surface area (Å²) in [6.45, 7) is 0.849. The van der Waals surface area contributed by atoms with Gasteiger partial charge in [0.1, 0.15) is 0 Å². The van der Waals surface area contributed by atoms with Crippen LogP contribution in [0, 0.1) is 4.77 Å². The van der Waals surface area contributed by atoms with Crippen molar-refractivity contribution in [2.24, 2.45) is 0 Å². The van der Waals surface area contributed by atoms with Gasteiger partial charge in [-0.15, -0.1) is 5.10 Å². The molecule has 0 aliphatic carbocycles. The largest absolute Gasteiger partial charge is 0.368 e. The Morgan fingerprint density at radius 3 is 3.00 bits per heavy atom. The highest BCUT2D eigenvalue weighted by molar-refractivity contribution is 7.98. The van der Waals surface area contributed by atoms with Crippen LogP contribution in [-0.4, -0.2) is 26.8 Å². The smallest absolute Gasteiger partial charge is 0.220 e. The van der Waals surface area contributed by atoms with Crippen LogP contribution >= 0.6 is 24.0 Å². The normalized spacial score (nSPS) is 10.4. The molecule has 0 amide bonds. The zero-order valence-corrected chi connectivity index (χ0v) is 8.54. The van der Waals surface area contributed by atoms with E-state index in [4.69, 9.17) is 18.0 Å². The molecule has 6 heteroatoms. The van der Waals surface area contributed by atoms with Gasteiger partial charge in [0, 0.05) is 6.54 Å². The molecule has 0 fully saturated rings. The van der Waals surface area contributed by atoms with Gasteiger partial charge in [-0.05, 0) is 30.6 Å². The number of nitrogens with one attached hydrogen (secondary N) is 1. The van der Waals surface area contributed by atoms with Crippen LogP contribution in [0.15, 0.2) is 0 Å². The summed E-state index contributed by atoms with van der Waals surface area (Å²) in [6, 6.07) is 0. The molecule has 1 aromatic rings. The number of nitrogen functional groups attached to an aromatic ring is 1. The predicted molar refractivity (Wildman–Crippen MR) is 54.8 cm³/mol. The van der Waals surface area contributed by atoms with E-state index in [0.29, 0.717) is 10.7 Å². The summed E-state index contributed by atoms with van der Waals surface area (Å²) in [6.07, 6.45) is 3.15. The molecule has 1 heterocycles. The van der Waals surface area contributed by atoms with Crippen molar-refractivity contribution in [3.63, 3.8) is 0 Å². The number of hydrogen-bond donors (Lipinski definition) is 2. The lowest BCUT2D eigenvalue weighted by molar-refractivity contribution is 0.682. The van der Waals surface area contributed by atoms with Crippen molar-refractivity contribution in [3.05, 3.63) is 4.77 Å². The number of hydrogen-bond acceptors (Lipinski definition) is 4. The van der Waals surface area contributed by atoms with Gasteiger partial charge in [-0.3, -0.25) is 4.57 Å². The van der Waals surface area contributed by atoms with E-state index in [0.717, 1.165) is 18.7 Å². The van der Waals surface area contributed by atoms with E-state index in [1.807, 2.05) is 16.3 Å². The molecule has 1 aromatic heterocycles. The first-order valence-corrected chi connectivity index (χ1v) is 5.45. The molecule has 0 saturated carbocycles. The fraction of sp³-hybridized carbons (Fsp3) is 0.667. The third kappa shape index (κ3) is 2.25. The lowest BCUT2D eigenvalue weighted by Crippen LogP contribution is -2.04. The Kier molecular flexibility index (Phi) is 3.61. The first-order chi connectivity index (χ1) is 5.75. The van der Waals surface area contributed by atoms with Gasteiger partial charge >= 0.3 is 0 Å². The van der Waals surface area contributed by atoms with Crippen LogP contribution in [-0.2, 0) is 6.54 Å². The van der Waals surface area contributed by atoms with Crippen molar-refractivity contribution in [2.75, 3.05) is 17.7 Å². The number of aromatic amines is 1. The Labute approximate surface area is 80.5 Å². The Morgan fingerprint density at radius 2 is 2.50 bits per heavy atom. The number of thioether (sulfide) groups is 1. The van der Waals surface area contributed by atoms with E-state index < -0.39 is 0 Å². The van der Waals surface area contributed by atoms with Crippen LogP contribution in [0.5, 0.6) is 0 Å². The first-order valence-electron chi connectivity index (χ1n) is 3.65. The molecule has 1 rings (SSSR count). The van der Waals surface area contributed by atoms with E-state index in [9.17, 15) is 0 Å². The van der Waals surface area contributed by atoms with Crippen molar-refractivity contribution in [1.82, 2.24) is 14.8 Å². The molecule has 4 nitrogen and oxygen atoms in total. The van der Waals surface area contributed by atoms with E-state index >= 15 is 0 Å². The number of rotatable bonds is 4. The minimum absolute atomic E-state index is 0.473. The fourth-order valence-electron chi connectivity index (χ4n) is 0.913. The minimum atomic E-state index is 0.473. The summed E-state index contributed by atoms with van der Waals surface area (Å²) in [7, 11) is 0. The highest BCUT2D eigenvalue weighted by atomic mass is 32.2. The van der Waals surface area contributed by atoms with Crippen molar-refractivity contribution in [2.45, 2.75) is 13.0 Å². The third-order valence-electron chi connectivity index (χ3n) is 1.52. The summed E-state index contributed by atoms with van der Waals surface area (Å²) in [5, 5.41) is 6.46. The highest BCUT2D eigenvalue weighted by Gasteiger charge is 1.99. The molecule has 0 aromatic carbocycles. The standard InChI is InChI=1S/C6H12N4S2/c1-12-4-2-3-10-5(7)8-9-6(10)11/h2-4H2,1H3,(H2,7,8)(H,9,11). The van der Waals surface area contributed by atoms with Gasteiger partial charge in [0.05, 0.1) is 0 Å². The second-order valence-electron chi connectivity index (χ2n) is 2.38. The van der Waals surface area contributed by atoms with Gasteiger partial charge in [0.2, 0.25) is 5.95 Å². The average Bonchev–Trinajstić information content (AvgIpc) is 2.35. The fourth-order valence-corrected chi connectivity index (χ4v) is 1.56. The molecule has 12 heavy (non-hydrogen) atoms. The van der Waals surface area contributed by atoms with Crippen LogP contribution in [0.25, 0.3) is 0 Å². The second kappa shape index (κ2) is 4.51. The average molecular weight is 204 g/mol. The van der Waals surface area contributed by atoms with E-state index in [1.165, 1.54) is 0 Å². The number of aromatic nitrogens is 3. The van der Waals surface area contributed by atoms with Crippen molar-refractivity contribution < 1.29 is 0 Å². The molecule has 68 valence electrons. The molecule has 0 unspecified atom stereocenters. The van der Waals surface area contributed by atoms with Crippen LogP contribution in [0.1, 0.15) is 6.42 Å². The molecule has 0 aliphatic heterocycles. The maximum Gasteiger partial charge on any atom is 0.220 e. The SMILES string of the molecule is CSCCCn1c(N)n[nH]c1=S. The number of nitrogens with zero attached hydrogens (tertiary/aromatic N) is 2. The topological polar surface area (TPSA) is 59.6 Å². The Balaban J connectivity index is 2.56. The van der Waals surface area contributed by atoms with Gasteiger partial charge in [-0.2, -0.15) is 11.8 Å². The van der Waals surface area contributed by atoms with Gasteiger partial charge in [-0.25, -0.2) is 5.10 Å². The van der Waals surface area contributed by atoms with Crippen molar-refractivity contribution in [3.8, 4) is 0 Å². The number of nitrogens with two attached hydrogens (primary N) is 1. The molecule has 0 saturated heterocycles. The predicted octanol–water partition coefficient (Wildman–Crippen LogP) is 1.28. The Bertz CT molecular complexity index is 290. The summed E-state index contributed by atoms with van der Waals surface area (Å²) in [5.41, 5.74) is 5.57. The maximum absolute atomic E-state index is 5.57. The molecule has 0 spiro atoms. The van der Waals surface area contributed by atoms with Gasteiger partial charge in [-0.1, -0.05) is 0 Å². The third-order valence-corrected chi connectivity index (χ3v) is 2.53. The monoisotopic (exact) mass is 204 g/mol. The second-order valence-corrected chi connectivity index (χ2v) is 3.76. The van der Waals surface area contributed by atoms with E-state index in [-0.39, 0.29) is 0 Å². The zero-order chi connectivity index (χ0) is 8.97. The Morgan fingerprint density at radius 1 is 1.75 bits per heavy atom. The van der Waals surface area contributed by atoms with Crippen LogP contribution in [0.2, 0.25) is 0 Å². The maximum atomic E-state index is 5.57. The van der Waals surface area contributed by atoms with Crippen LogP contribution in [0.4, 0.5) is 5.95 Å². The molecule has 0 atom stereocenters. The van der Waals surface area contributed by atoms with Crippen molar-refractivity contribution >= 4 is 29.9 Å². The van der Waals surface area contributed by atoms with Crippen LogP contribution in [0.3, 0.4) is 0 Å².